The molecule has 1 aromatic carbocycles. The van der Waals surface area contributed by atoms with Crippen LogP contribution in [0.15, 0.2) is 48.8 Å². The molecule has 3 rings (SSSR count). The molecule has 4 nitrogen and oxygen atoms in total. The third-order valence-corrected chi connectivity index (χ3v) is 3.91. The highest BCUT2D eigenvalue weighted by atomic mass is 32.1. The first-order chi connectivity index (χ1) is 9.74. The highest BCUT2D eigenvalue weighted by molar-refractivity contribution is 7.20. The molecule has 20 heavy (non-hydrogen) atoms. The van der Waals surface area contributed by atoms with E-state index < -0.39 is 0 Å². The van der Waals surface area contributed by atoms with Crippen molar-refractivity contribution in [2.75, 3.05) is 0 Å². The predicted octanol–water partition coefficient (Wildman–Crippen LogP) is 3.15. The minimum Gasteiger partial charge on any atom is -0.294 e. The number of aromatic nitrogens is 2. The van der Waals surface area contributed by atoms with Gasteiger partial charge in [-0.2, -0.15) is 0 Å². The summed E-state index contributed by atoms with van der Waals surface area (Å²) < 4.78 is 0.949. The van der Waals surface area contributed by atoms with Gasteiger partial charge in [0, 0.05) is 18.0 Å². The molecule has 0 aliphatic rings. The maximum atomic E-state index is 12.1. The van der Waals surface area contributed by atoms with Crippen LogP contribution in [0.4, 0.5) is 0 Å². The first-order valence-electron chi connectivity index (χ1n) is 6.06. The molecular formula is C15H10N2O2S. The summed E-state index contributed by atoms with van der Waals surface area (Å²) in [5.41, 5.74) is 1.23. The first-order valence-corrected chi connectivity index (χ1v) is 6.88. The molecule has 0 unspecified atom stereocenters. The number of pyridine rings is 1. The number of hydrogen-bond acceptors (Lipinski definition) is 5. The van der Waals surface area contributed by atoms with Crippen molar-refractivity contribution in [2.45, 2.75) is 6.42 Å². The van der Waals surface area contributed by atoms with Gasteiger partial charge in [0.05, 0.1) is 16.6 Å². The fourth-order valence-electron chi connectivity index (χ4n) is 1.84. The smallest absolute Gasteiger partial charge is 0.199 e. The molecule has 0 fully saturated rings. The molecule has 2 heterocycles. The van der Waals surface area contributed by atoms with E-state index in [1.807, 2.05) is 24.3 Å². The number of benzene rings is 1. The molecule has 0 saturated heterocycles. The molecule has 0 bridgehead atoms. The van der Waals surface area contributed by atoms with Gasteiger partial charge in [-0.15, -0.1) is 11.3 Å². The van der Waals surface area contributed by atoms with E-state index in [9.17, 15) is 9.59 Å². The third kappa shape index (κ3) is 2.48. The van der Waals surface area contributed by atoms with Crippen LogP contribution >= 0.6 is 11.3 Å². The molecule has 0 aliphatic carbocycles. The molecule has 5 heteroatoms. The Morgan fingerprint density at radius 3 is 2.65 bits per heavy atom. The Morgan fingerprint density at radius 2 is 1.90 bits per heavy atom. The molecule has 0 saturated carbocycles. The van der Waals surface area contributed by atoms with Crippen molar-refractivity contribution in [3.63, 3.8) is 0 Å². The van der Waals surface area contributed by atoms with Crippen LogP contribution in [-0.2, 0) is 0 Å². The molecule has 0 spiro atoms. The van der Waals surface area contributed by atoms with Gasteiger partial charge in [0.1, 0.15) is 0 Å². The fourth-order valence-corrected chi connectivity index (χ4v) is 2.75. The Morgan fingerprint density at radius 1 is 1.05 bits per heavy atom. The van der Waals surface area contributed by atoms with Gasteiger partial charge in [-0.3, -0.25) is 14.6 Å². The van der Waals surface area contributed by atoms with Crippen LogP contribution in [0.3, 0.4) is 0 Å². The second-order valence-corrected chi connectivity index (χ2v) is 5.28. The monoisotopic (exact) mass is 282 g/mol. The van der Waals surface area contributed by atoms with Gasteiger partial charge in [0.25, 0.3) is 0 Å². The highest BCUT2D eigenvalue weighted by Crippen LogP contribution is 2.22. The maximum Gasteiger partial charge on any atom is 0.199 e. The van der Waals surface area contributed by atoms with Gasteiger partial charge >= 0.3 is 0 Å². The van der Waals surface area contributed by atoms with E-state index >= 15 is 0 Å². The van der Waals surface area contributed by atoms with Crippen LogP contribution in [0.5, 0.6) is 0 Å². The number of rotatable bonds is 4. The van der Waals surface area contributed by atoms with E-state index in [2.05, 4.69) is 9.97 Å². The second kappa shape index (κ2) is 5.30. The zero-order valence-corrected chi connectivity index (χ0v) is 11.3. The Kier molecular flexibility index (Phi) is 3.35. The summed E-state index contributed by atoms with van der Waals surface area (Å²) >= 11 is 1.31. The number of hydrogen-bond donors (Lipinski definition) is 0. The molecule has 0 N–H and O–H groups in total. The van der Waals surface area contributed by atoms with Gasteiger partial charge in [-0.1, -0.05) is 12.1 Å². The number of carbonyl (C=O) groups excluding carboxylic acids is 2. The number of thiazole rings is 1. The fraction of sp³-hybridized carbons (Fsp3) is 0.0667. The van der Waals surface area contributed by atoms with E-state index in [4.69, 9.17) is 0 Å². The van der Waals surface area contributed by atoms with Gasteiger partial charge in [0.15, 0.2) is 16.6 Å². The Labute approximate surface area is 119 Å². The average Bonchev–Trinajstić information content (AvgIpc) is 2.92. The molecule has 98 valence electrons. The van der Waals surface area contributed by atoms with Crippen molar-refractivity contribution in [2.24, 2.45) is 0 Å². The van der Waals surface area contributed by atoms with Crippen LogP contribution in [-0.4, -0.2) is 21.5 Å². The summed E-state index contributed by atoms with van der Waals surface area (Å²) in [5, 5.41) is 0.378. The van der Waals surface area contributed by atoms with Gasteiger partial charge in [-0.25, -0.2) is 4.98 Å². The Balaban J connectivity index is 1.81. The lowest BCUT2D eigenvalue weighted by atomic mass is 10.1. The number of para-hydroxylation sites is 1. The predicted molar refractivity (Wildman–Crippen MR) is 77.1 cm³/mol. The summed E-state index contributed by atoms with van der Waals surface area (Å²) in [6, 6.07) is 10.9. The topological polar surface area (TPSA) is 59.9 Å². The molecule has 0 atom stereocenters. The van der Waals surface area contributed by atoms with Gasteiger partial charge < -0.3 is 0 Å². The minimum absolute atomic E-state index is 0.175. The lowest BCUT2D eigenvalue weighted by Crippen LogP contribution is -2.08. The number of fused-ring (bicyclic) bond motifs is 1. The zero-order valence-electron chi connectivity index (χ0n) is 10.4. The van der Waals surface area contributed by atoms with Crippen molar-refractivity contribution in [3.8, 4) is 0 Å². The van der Waals surface area contributed by atoms with Crippen molar-refractivity contribution in [3.05, 3.63) is 59.4 Å². The molecule has 0 aliphatic heterocycles. The summed E-state index contributed by atoms with van der Waals surface area (Å²) in [7, 11) is 0. The van der Waals surface area contributed by atoms with Crippen molar-refractivity contribution < 1.29 is 9.59 Å². The van der Waals surface area contributed by atoms with E-state index in [-0.39, 0.29) is 18.0 Å². The van der Waals surface area contributed by atoms with E-state index in [0.29, 0.717) is 10.6 Å². The zero-order chi connectivity index (χ0) is 13.9. The summed E-state index contributed by atoms with van der Waals surface area (Å²) in [6.45, 7) is 0. The summed E-state index contributed by atoms with van der Waals surface area (Å²) in [6.07, 6.45) is 2.88. The number of nitrogens with zero attached hydrogens (tertiary/aromatic N) is 2. The summed E-state index contributed by atoms with van der Waals surface area (Å²) in [5.74, 6) is -0.484. The van der Waals surface area contributed by atoms with E-state index in [1.165, 1.54) is 17.5 Å². The van der Waals surface area contributed by atoms with E-state index in [0.717, 1.165) is 10.2 Å². The maximum absolute atomic E-state index is 12.1. The van der Waals surface area contributed by atoms with Crippen LogP contribution in [0, 0.1) is 0 Å². The Bertz CT molecular complexity index is 748. The van der Waals surface area contributed by atoms with Crippen molar-refractivity contribution in [1.29, 1.82) is 0 Å². The standard InChI is InChI=1S/C15H10N2O2S/c18-12(10-4-3-7-16-9-10)8-13(19)15-17-11-5-1-2-6-14(11)20-15/h1-7,9H,8H2. The number of carbonyl (C=O) groups is 2. The lowest BCUT2D eigenvalue weighted by molar-refractivity contribution is 0.0894. The number of ketones is 2. The van der Waals surface area contributed by atoms with Crippen molar-refractivity contribution in [1.82, 2.24) is 9.97 Å². The van der Waals surface area contributed by atoms with E-state index in [1.54, 1.807) is 18.3 Å². The summed E-state index contributed by atoms with van der Waals surface area (Å²) in [4.78, 5) is 32.2. The highest BCUT2D eigenvalue weighted by Gasteiger charge is 2.17. The van der Waals surface area contributed by atoms with Crippen LogP contribution in [0.25, 0.3) is 10.2 Å². The molecule has 2 aromatic heterocycles. The van der Waals surface area contributed by atoms with Gasteiger partial charge in [0.2, 0.25) is 0 Å². The largest absolute Gasteiger partial charge is 0.294 e. The molecule has 0 radical (unpaired) electrons. The number of Topliss-reactive ketones (excluding diaryl/α,β-unsaturated/α-hetero) is 2. The lowest BCUT2D eigenvalue weighted by Gasteiger charge is -1.97. The van der Waals surface area contributed by atoms with Crippen LogP contribution in [0.1, 0.15) is 26.6 Å². The quantitative estimate of drug-likeness (QED) is 0.545. The third-order valence-electron chi connectivity index (χ3n) is 2.84. The Hall–Kier alpha value is -2.40. The second-order valence-electron chi connectivity index (χ2n) is 4.25. The minimum atomic E-state index is -0.250. The van der Waals surface area contributed by atoms with Crippen LogP contribution < -0.4 is 0 Å². The normalized spacial score (nSPS) is 10.6. The molecule has 3 aromatic rings. The average molecular weight is 282 g/mol. The SMILES string of the molecule is O=C(CC(=O)c1nc2ccccc2s1)c1cccnc1. The molecular weight excluding hydrogens is 272 g/mol. The van der Waals surface area contributed by atoms with Crippen LogP contribution in [0.2, 0.25) is 0 Å². The van der Waals surface area contributed by atoms with Gasteiger partial charge in [-0.05, 0) is 24.3 Å². The van der Waals surface area contributed by atoms with Crippen molar-refractivity contribution >= 4 is 33.1 Å². The first kappa shape index (κ1) is 12.6. The molecule has 0 amide bonds.